The number of anilines is 1. The van der Waals surface area contributed by atoms with Gasteiger partial charge in [0, 0.05) is 5.69 Å². The summed E-state index contributed by atoms with van der Waals surface area (Å²) < 4.78 is 0. The largest absolute Gasteiger partial charge is 0.399 e. The number of benzene rings is 1. The van der Waals surface area contributed by atoms with Crippen LogP contribution in [0.2, 0.25) is 0 Å². The van der Waals surface area contributed by atoms with Crippen molar-refractivity contribution in [3.8, 4) is 0 Å². The summed E-state index contributed by atoms with van der Waals surface area (Å²) in [6.45, 7) is 2.17. The molecular formula is C10H16Cl2N2. The molecule has 0 aliphatic carbocycles. The van der Waals surface area contributed by atoms with Crippen LogP contribution in [0.25, 0.3) is 0 Å². The Morgan fingerprint density at radius 1 is 1.00 bits per heavy atom. The lowest BCUT2D eigenvalue weighted by atomic mass is 10.0. The third-order valence-electron chi connectivity index (χ3n) is 2.37. The summed E-state index contributed by atoms with van der Waals surface area (Å²) in [5, 5.41) is 3.37. The van der Waals surface area contributed by atoms with Crippen molar-refractivity contribution in [3.05, 3.63) is 29.3 Å². The van der Waals surface area contributed by atoms with Crippen LogP contribution in [-0.4, -0.2) is 13.1 Å². The number of hydrogen-bond donors (Lipinski definition) is 2. The molecule has 1 aromatic rings. The first-order chi connectivity index (χ1) is 5.86. The van der Waals surface area contributed by atoms with Crippen LogP contribution in [-0.2, 0) is 12.8 Å². The molecule has 0 atom stereocenters. The third kappa shape index (κ3) is 3.05. The van der Waals surface area contributed by atoms with Gasteiger partial charge in [-0.1, -0.05) is 6.07 Å². The van der Waals surface area contributed by atoms with Crippen LogP contribution in [0.15, 0.2) is 18.2 Å². The molecule has 0 saturated carbocycles. The van der Waals surface area contributed by atoms with Crippen molar-refractivity contribution in [3.63, 3.8) is 0 Å². The Labute approximate surface area is 97.1 Å². The second kappa shape index (κ2) is 6.12. The van der Waals surface area contributed by atoms with E-state index in [4.69, 9.17) is 5.73 Å². The molecule has 2 rings (SSSR count). The lowest BCUT2D eigenvalue weighted by Gasteiger charge is -2.04. The maximum atomic E-state index is 5.71. The third-order valence-corrected chi connectivity index (χ3v) is 2.37. The molecule has 2 nitrogen and oxygen atoms in total. The van der Waals surface area contributed by atoms with Crippen LogP contribution in [0.3, 0.4) is 0 Å². The SMILES string of the molecule is Cl.Cl.Nc1ccc2c(c1)CCNCC2. The fourth-order valence-electron chi connectivity index (χ4n) is 1.69. The van der Waals surface area contributed by atoms with Crippen molar-refractivity contribution < 1.29 is 0 Å². The van der Waals surface area contributed by atoms with Gasteiger partial charge in [0.05, 0.1) is 0 Å². The molecule has 1 heterocycles. The number of hydrogen-bond acceptors (Lipinski definition) is 2. The highest BCUT2D eigenvalue weighted by Gasteiger charge is 2.06. The molecule has 0 spiro atoms. The summed E-state index contributed by atoms with van der Waals surface area (Å²) in [7, 11) is 0. The van der Waals surface area contributed by atoms with Gasteiger partial charge in [0.2, 0.25) is 0 Å². The minimum atomic E-state index is 0. The second-order valence-corrected chi connectivity index (χ2v) is 3.28. The number of nitrogens with two attached hydrogens (primary N) is 1. The molecule has 0 aromatic heterocycles. The Morgan fingerprint density at radius 3 is 2.36 bits per heavy atom. The molecule has 14 heavy (non-hydrogen) atoms. The van der Waals surface area contributed by atoms with Crippen LogP contribution in [0.5, 0.6) is 0 Å². The van der Waals surface area contributed by atoms with Gasteiger partial charge < -0.3 is 11.1 Å². The van der Waals surface area contributed by atoms with Gasteiger partial charge in [-0.15, -0.1) is 24.8 Å². The van der Waals surface area contributed by atoms with Gasteiger partial charge in [-0.3, -0.25) is 0 Å². The molecule has 1 aliphatic heterocycles. The first-order valence-electron chi connectivity index (χ1n) is 4.44. The normalized spacial score (nSPS) is 14.3. The molecule has 1 aromatic carbocycles. The van der Waals surface area contributed by atoms with Crippen LogP contribution < -0.4 is 11.1 Å². The Hall–Kier alpha value is -0.440. The van der Waals surface area contributed by atoms with Crippen LogP contribution >= 0.6 is 24.8 Å². The Kier molecular flexibility index (Phi) is 5.93. The average Bonchev–Trinajstić information content (AvgIpc) is 2.28. The molecule has 4 heteroatoms. The number of halogens is 2. The number of fused-ring (bicyclic) bond motifs is 1. The first-order valence-corrected chi connectivity index (χ1v) is 4.44. The molecule has 3 N–H and O–H groups in total. The van der Waals surface area contributed by atoms with Gasteiger partial charge >= 0.3 is 0 Å². The van der Waals surface area contributed by atoms with E-state index in [1.165, 1.54) is 11.1 Å². The van der Waals surface area contributed by atoms with Crippen molar-refractivity contribution in [2.75, 3.05) is 18.8 Å². The van der Waals surface area contributed by atoms with E-state index in [2.05, 4.69) is 17.4 Å². The summed E-state index contributed by atoms with van der Waals surface area (Å²) in [5.74, 6) is 0. The minimum absolute atomic E-state index is 0. The monoisotopic (exact) mass is 234 g/mol. The molecular weight excluding hydrogens is 219 g/mol. The molecule has 1 aliphatic rings. The van der Waals surface area contributed by atoms with Crippen LogP contribution in [0.1, 0.15) is 11.1 Å². The molecule has 0 radical (unpaired) electrons. The van der Waals surface area contributed by atoms with E-state index >= 15 is 0 Å². The predicted octanol–water partition coefficient (Wildman–Crippen LogP) is 1.80. The fourth-order valence-corrected chi connectivity index (χ4v) is 1.69. The first kappa shape index (κ1) is 13.6. The van der Waals surface area contributed by atoms with E-state index in [0.717, 1.165) is 31.6 Å². The fraction of sp³-hybridized carbons (Fsp3) is 0.400. The highest BCUT2D eigenvalue weighted by Crippen LogP contribution is 2.15. The number of nitrogen functional groups attached to an aromatic ring is 1. The van der Waals surface area contributed by atoms with E-state index in [9.17, 15) is 0 Å². The molecule has 0 bridgehead atoms. The van der Waals surface area contributed by atoms with E-state index in [1.807, 2.05) is 6.07 Å². The Balaban J connectivity index is 0.000000845. The van der Waals surface area contributed by atoms with E-state index in [1.54, 1.807) is 0 Å². The lowest BCUT2D eigenvalue weighted by molar-refractivity contribution is 0.711. The van der Waals surface area contributed by atoms with Gasteiger partial charge in [-0.05, 0) is 49.2 Å². The predicted molar refractivity (Wildman–Crippen MR) is 65.6 cm³/mol. The van der Waals surface area contributed by atoms with Crippen LogP contribution in [0.4, 0.5) is 5.69 Å². The zero-order valence-electron chi connectivity index (χ0n) is 7.95. The maximum Gasteiger partial charge on any atom is 0.0316 e. The zero-order chi connectivity index (χ0) is 8.39. The maximum absolute atomic E-state index is 5.71. The lowest BCUT2D eigenvalue weighted by Crippen LogP contribution is -2.16. The zero-order valence-corrected chi connectivity index (χ0v) is 9.59. The Bertz CT molecular complexity index is 289. The average molecular weight is 235 g/mol. The van der Waals surface area contributed by atoms with Gasteiger partial charge in [-0.2, -0.15) is 0 Å². The van der Waals surface area contributed by atoms with Crippen molar-refractivity contribution >= 4 is 30.5 Å². The molecule has 0 fully saturated rings. The highest BCUT2D eigenvalue weighted by atomic mass is 35.5. The summed E-state index contributed by atoms with van der Waals surface area (Å²) in [6.07, 6.45) is 2.25. The van der Waals surface area contributed by atoms with Crippen molar-refractivity contribution in [2.24, 2.45) is 0 Å². The summed E-state index contributed by atoms with van der Waals surface area (Å²) >= 11 is 0. The number of rotatable bonds is 0. The molecule has 80 valence electrons. The van der Waals surface area contributed by atoms with E-state index < -0.39 is 0 Å². The van der Waals surface area contributed by atoms with Crippen LogP contribution in [0, 0.1) is 0 Å². The topological polar surface area (TPSA) is 38.0 Å². The van der Waals surface area contributed by atoms with Gasteiger partial charge in [0.25, 0.3) is 0 Å². The van der Waals surface area contributed by atoms with E-state index in [-0.39, 0.29) is 24.8 Å². The second-order valence-electron chi connectivity index (χ2n) is 3.28. The molecule has 0 amide bonds. The van der Waals surface area contributed by atoms with Gasteiger partial charge in [0.15, 0.2) is 0 Å². The standard InChI is InChI=1S/C10H14N2.2ClH/c11-10-2-1-8-3-5-12-6-4-9(8)7-10;;/h1-2,7,12H,3-6,11H2;2*1H. The van der Waals surface area contributed by atoms with E-state index in [0.29, 0.717) is 0 Å². The number of nitrogens with one attached hydrogen (secondary N) is 1. The van der Waals surface area contributed by atoms with Crippen molar-refractivity contribution in [1.29, 1.82) is 0 Å². The van der Waals surface area contributed by atoms with Gasteiger partial charge in [0.1, 0.15) is 0 Å². The quantitative estimate of drug-likeness (QED) is 0.673. The highest BCUT2D eigenvalue weighted by molar-refractivity contribution is 5.85. The van der Waals surface area contributed by atoms with Crippen molar-refractivity contribution in [1.82, 2.24) is 5.32 Å². The summed E-state index contributed by atoms with van der Waals surface area (Å²) in [5.41, 5.74) is 9.47. The molecule has 0 saturated heterocycles. The minimum Gasteiger partial charge on any atom is -0.399 e. The molecule has 0 unspecified atom stereocenters. The summed E-state index contributed by atoms with van der Waals surface area (Å²) in [4.78, 5) is 0. The van der Waals surface area contributed by atoms with Crippen molar-refractivity contribution in [2.45, 2.75) is 12.8 Å². The smallest absolute Gasteiger partial charge is 0.0316 e. The van der Waals surface area contributed by atoms with Gasteiger partial charge in [-0.25, -0.2) is 0 Å². The Morgan fingerprint density at radius 2 is 1.64 bits per heavy atom. The summed E-state index contributed by atoms with van der Waals surface area (Å²) in [6, 6.07) is 6.24.